The van der Waals surface area contributed by atoms with Crippen molar-refractivity contribution >= 4 is 5.97 Å². The summed E-state index contributed by atoms with van der Waals surface area (Å²) >= 11 is 0. The Labute approximate surface area is 167 Å². The van der Waals surface area contributed by atoms with Crippen molar-refractivity contribution in [2.24, 2.45) is 0 Å². The lowest BCUT2D eigenvalue weighted by Gasteiger charge is -2.19. The number of hydrogen-bond donors (Lipinski definition) is 2. The van der Waals surface area contributed by atoms with Crippen molar-refractivity contribution in [2.45, 2.75) is 54.0 Å². The predicted molar refractivity (Wildman–Crippen MR) is 111 cm³/mol. The zero-order valence-corrected chi connectivity index (χ0v) is 17.7. The number of nitrogens with one attached hydrogen (secondary N) is 1. The lowest BCUT2D eigenvalue weighted by molar-refractivity contribution is -0.145. The number of aromatic hydroxyl groups is 1. The fraction of sp³-hybridized carbons (Fsp3) is 0.435. The minimum absolute atomic E-state index is 0.227. The maximum absolute atomic E-state index is 12.2. The first-order valence-corrected chi connectivity index (χ1v) is 9.75. The van der Waals surface area contributed by atoms with Gasteiger partial charge in [0.15, 0.2) is 0 Å². The zero-order valence-electron chi connectivity index (χ0n) is 17.7. The fourth-order valence-corrected chi connectivity index (χ4v) is 3.38. The Hall–Kier alpha value is -2.53. The average molecular weight is 386 g/mol. The van der Waals surface area contributed by atoms with Gasteiger partial charge in [0.25, 0.3) is 0 Å². The number of ether oxygens (including phenoxy) is 2. The minimum Gasteiger partial charge on any atom is -0.507 e. The summed E-state index contributed by atoms with van der Waals surface area (Å²) in [6.07, 6.45) is 0.562. The smallest absolute Gasteiger partial charge is 0.323 e. The number of likely N-dealkylation sites (N-methyl/N-ethyl adjacent to an activating group) is 1. The summed E-state index contributed by atoms with van der Waals surface area (Å²) in [4.78, 5) is 12.2. The van der Waals surface area contributed by atoms with Crippen LogP contribution >= 0.6 is 0 Å². The number of phenols is 1. The Bertz CT molecular complexity index is 798. The Morgan fingerprint density at radius 3 is 2.07 bits per heavy atom. The number of benzene rings is 2. The van der Waals surface area contributed by atoms with Gasteiger partial charge in [0.2, 0.25) is 0 Å². The van der Waals surface area contributed by atoms with Gasteiger partial charge in [-0.15, -0.1) is 0 Å². The minimum atomic E-state index is -0.363. The first kappa shape index (κ1) is 21.8. The lowest BCUT2D eigenvalue weighted by Crippen LogP contribution is -2.39. The molecule has 2 rings (SSSR count). The number of hydrogen-bond acceptors (Lipinski definition) is 5. The van der Waals surface area contributed by atoms with Gasteiger partial charge in [0.05, 0.1) is 6.61 Å². The molecule has 0 aliphatic heterocycles. The molecule has 0 fully saturated rings. The van der Waals surface area contributed by atoms with Crippen LogP contribution in [0.25, 0.3) is 0 Å². The van der Waals surface area contributed by atoms with Crippen LogP contribution in [0.1, 0.15) is 41.7 Å². The van der Waals surface area contributed by atoms with Gasteiger partial charge in [0, 0.05) is 0 Å². The summed E-state index contributed by atoms with van der Waals surface area (Å²) < 4.78 is 11.3. The van der Waals surface area contributed by atoms with Gasteiger partial charge < -0.3 is 19.9 Å². The molecule has 0 aliphatic rings. The van der Waals surface area contributed by atoms with Gasteiger partial charge in [-0.25, -0.2) is 0 Å². The zero-order chi connectivity index (χ0) is 20.8. The van der Waals surface area contributed by atoms with E-state index in [1.165, 1.54) is 0 Å². The van der Waals surface area contributed by atoms with Gasteiger partial charge in [-0.2, -0.15) is 0 Å². The third-order valence-corrected chi connectivity index (χ3v) is 4.67. The molecule has 1 unspecified atom stereocenters. The lowest BCUT2D eigenvalue weighted by atomic mass is 10.00. The third kappa shape index (κ3) is 5.26. The Morgan fingerprint density at radius 1 is 1.00 bits per heavy atom. The normalized spacial score (nSPS) is 11.9. The van der Waals surface area contributed by atoms with Crippen molar-refractivity contribution in [1.82, 2.24) is 5.32 Å². The number of carbonyl (C=O) groups is 1. The molecule has 2 N–H and O–H groups in total. The summed E-state index contributed by atoms with van der Waals surface area (Å²) in [6, 6.07) is 7.39. The number of phenolic OH excluding ortho intramolecular Hbond substituents is 1. The van der Waals surface area contributed by atoms with Crippen LogP contribution in [0.4, 0.5) is 0 Å². The SMILES string of the molecule is CCNC(Cc1cc(C)c(Oc2cc(C)c(O)c(C)c2)c(C)c1)C(=O)OCC. The molecule has 0 aliphatic carbocycles. The van der Waals surface area contributed by atoms with E-state index in [0.717, 1.165) is 33.6 Å². The summed E-state index contributed by atoms with van der Waals surface area (Å²) in [5.41, 5.74) is 4.61. The number of esters is 1. The van der Waals surface area contributed by atoms with Gasteiger partial charge in [-0.1, -0.05) is 19.1 Å². The van der Waals surface area contributed by atoms with Crippen molar-refractivity contribution in [1.29, 1.82) is 0 Å². The molecule has 0 radical (unpaired) electrons. The van der Waals surface area contributed by atoms with Crippen LogP contribution in [0.2, 0.25) is 0 Å². The van der Waals surface area contributed by atoms with Gasteiger partial charge in [0.1, 0.15) is 23.3 Å². The Balaban J connectivity index is 2.25. The monoisotopic (exact) mass is 385 g/mol. The highest BCUT2D eigenvalue weighted by atomic mass is 16.5. The second-order valence-electron chi connectivity index (χ2n) is 7.13. The van der Waals surface area contributed by atoms with Crippen molar-refractivity contribution < 1.29 is 19.4 Å². The van der Waals surface area contributed by atoms with Crippen LogP contribution in [0, 0.1) is 27.7 Å². The van der Waals surface area contributed by atoms with Crippen molar-refractivity contribution in [3.8, 4) is 17.2 Å². The van der Waals surface area contributed by atoms with E-state index in [4.69, 9.17) is 9.47 Å². The second-order valence-corrected chi connectivity index (χ2v) is 7.13. The van der Waals surface area contributed by atoms with Crippen LogP contribution in [0.5, 0.6) is 17.2 Å². The summed E-state index contributed by atoms with van der Waals surface area (Å²) in [7, 11) is 0. The number of aryl methyl sites for hydroxylation is 4. The van der Waals surface area contributed by atoms with Crippen molar-refractivity contribution in [3.05, 3.63) is 52.1 Å². The molecule has 152 valence electrons. The fourth-order valence-electron chi connectivity index (χ4n) is 3.38. The van der Waals surface area contributed by atoms with Crippen LogP contribution in [0.3, 0.4) is 0 Å². The van der Waals surface area contributed by atoms with E-state index in [-0.39, 0.29) is 12.0 Å². The summed E-state index contributed by atoms with van der Waals surface area (Å²) in [5.74, 6) is 1.56. The molecule has 0 saturated heterocycles. The molecular formula is C23H31NO4. The highest BCUT2D eigenvalue weighted by molar-refractivity contribution is 5.76. The van der Waals surface area contributed by atoms with Gasteiger partial charge >= 0.3 is 5.97 Å². The molecule has 0 spiro atoms. The molecule has 2 aromatic carbocycles. The van der Waals surface area contributed by atoms with E-state index in [2.05, 4.69) is 5.32 Å². The molecule has 0 heterocycles. The van der Waals surface area contributed by atoms with Gasteiger partial charge in [-0.05, 0) is 87.5 Å². The molecule has 28 heavy (non-hydrogen) atoms. The largest absolute Gasteiger partial charge is 0.507 e. The summed E-state index contributed by atoms with van der Waals surface area (Å²) in [5, 5.41) is 13.2. The van der Waals surface area contributed by atoms with Crippen LogP contribution in [-0.2, 0) is 16.0 Å². The van der Waals surface area contributed by atoms with Crippen LogP contribution < -0.4 is 10.1 Å². The van der Waals surface area contributed by atoms with Crippen LogP contribution in [-0.4, -0.2) is 30.3 Å². The Kier molecular flexibility index (Phi) is 7.46. The molecular weight excluding hydrogens is 354 g/mol. The molecule has 0 bridgehead atoms. The topological polar surface area (TPSA) is 67.8 Å². The maximum atomic E-state index is 12.2. The van der Waals surface area contributed by atoms with E-state index in [0.29, 0.717) is 31.1 Å². The Morgan fingerprint density at radius 2 is 1.57 bits per heavy atom. The second kappa shape index (κ2) is 9.60. The van der Waals surface area contributed by atoms with E-state index in [1.54, 1.807) is 0 Å². The van der Waals surface area contributed by atoms with Crippen LogP contribution in [0.15, 0.2) is 24.3 Å². The van der Waals surface area contributed by atoms with Gasteiger partial charge in [-0.3, -0.25) is 4.79 Å². The summed E-state index contributed by atoms with van der Waals surface area (Å²) in [6.45, 7) is 12.6. The maximum Gasteiger partial charge on any atom is 0.323 e. The third-order valence-electron chi connectivity index (χ3n) is 4.67. The molecule has 0 saturated carbocycles. The molecule has 5 heteroatoms. The van der Waals surface area contributed by atoms with E-state index >= 15 is 0 Å². The quantitative estimate of drug-likeness (QED) is 0.655. The van der Waals surface area contributed by atoms with E-state index < -0.39 is 0 Å². The molecule has 5 nitrogen and oxygen atoms in total. The molecule has 0 aromatic heterocycles. The first-order chi connectivity index (χ1) is 13.3. The number of carbonyl (C=O) groups excluding carboxylic acids is 1. The molecule has 0 amide bonds. The van der Waals surface area contributed by atoms with E-state index in [9.17, 15) is 9.90 Å². The first-order valence-electron chi connectivity index (χ1n) is 9.75. The molecule has 1 atom stereocenters. The predicted octanol–water partition coefficient (Wildman–Crippen LogP) is 4.50. The van der Waals surface area contributed by atoms with Crippen molar-refractivity contribution in [3.63, 3.8) is 0 Å². The molecule has 2 aromatic rings. The van der Waals surface area contributed by atoms with E-state index in [1.807, 2.05) is 65.8 Å². The number of rotatable bonds is 8. The van der Waals surface area contributed by atoms with Crippen molar-refractivity contribution in [2.75, 3.05) is 13.2 Å². The average Bonchev–Trinajstić information content (AvgIpc) is 2.62. The standard InChI is InChI=1S/C23H31NO4/c1-7-24-20(23(26)27-8-2)13-18-9-16(5)22(17(6)10-18)28-19-11-14(3)21(25)15(4)12-19/h9-12,20,24-25H,7-8,13H2,1-6H3. The highest BCUT2D eigenvalue weighted by Crippen LogP contribution is 2.34. The highest BCUT2D eigenvalue weighted by Gasteiger charge is 2.20.